The fourth-order valence-electron chi connectivity index (χ4n) is 1.57. The molecule has 1 rings (SSSR count). The van der Waals surface area contributed by atoms with Gasteiger partial charge in [0.05, 0.1) is 0 Å². The lowest BCUT2D eigenvalue weighted by molar-refractivity contribution is -0.136. The van der Waals surface area contributed by atoms with Crippen molar-refractivity contribution in [3.8, 4) is 0 Å². The molecular formula is C11H15F3N2. The molecule has 2 N–H and O–H groups in total. The molecular weight excluding hydrogens is 217 g/mol. The number of alkyl halides is 3. The zero-order chi connectivity index (χ0) is 12.2. The maximum atomic E-state index is 12.0. The van der Waals surface area contributed by atoms with Gasteiger partial charge in [-0.15, -0.1) is 0 Å². The molecule has 0 saturated carbocycles. The van der Waals surface area contributed by atoms with Crippen molar-refractivity contribution in [2.75, 3.05) is 0 Å². The summed E-state index contributed by atoms with van der Waals surface area (Å²) in [6.45, 7) is 1.93. The van der Waals surface area contributed by atoms with Crippen molar-refractivity contribution in [1.82, 2.24) is 4.98 Å². The summed E-state index contributed by atoms with van der Waals surface area (Å²) in [7, 11) is 0. The van der Waals surface area contributed by atoms with Crippen LogP contribution in [0.4, 0.5) is 13.2 Å². The van der Waals surface area contributed by atoms with Crippen molar-refractivity contribution < 1.29 is 13.2 Å². The standard InChI is InChI=1S/C11H15F3N2/c1-2-8-7-16-6-4-9(8)10(15)3-5-11(12,13)14/h4,6-7,10H,2-3,5,15H2,1H3. The van der Waals surface area contributed by atoms with Crippen LogP contribution in [0.15, 0.2) is 18.5 Å². The third-order valence-corrected chi connectivity index (χ3v) is 2.46. The first kappa shape index (κ1) is 13.0. The van der Waals surface area contributed by atoms with Crippen LogP contribution in [0.5, 0.6) is 0 Å². The minimum Gasteiger partial charge on any atom is -0.324 e. The number of nitrogens with zero attached hydrogens (tertiary/aromatic N) is 1. The minimum atomic E-state index is -4.14. The van der Waals surface area contributed by atoms with Crippen molar-refractivity contribution in [3.05, 3.63) is 29.6 Å². The van der Waals surface area contributed by atoms with Gasteiger partial charge in [-0.25, -0.2) is 0 Å². The second-order valence-corrected chi connectivity index (χ2v) is 3.69. The van der Waals surface area contributed by atoms with Crippen LogP contribution in [-0.2, 0) is 6.42 Å². The number of aryl methyl sites for hydroxylation is 1. The second-order valence-electron chi connectivity index (χ2n) is 3.69. The molecule has 1 aromatic rings. The van der Waals surface area contributed by atoms with E-state index >= 15 is 0 Å². The van der Waals surface area contributed by atoms with Crippen molar-refractivity contribution in [2.45, 2.75) is 38.4 Å². The number of hydrogen-bond donors (Lipinski definition) is 1. The van der Waals surface area contributed by atoms with Crippen LogP contribution < -0.4 is 5.73 Å². The van der Waals surface area contributed by atoms with E-state index in [4.69, 9.17) is 5.73 Å². The summed E-state index contributed by atoms with van der Waals surface area (Å²) < 4.78 is 36.1. The highest BCUT2D eigenvalue weighted by Gasteiger charge is 2.28. The molecule has 1 heterocycles. The molecule has 0 radical (unpaired) electrons. The number of rotatable bonds is 4. The molecule has 1 aromatic heterocycles. The van der Waals surface area contributed by atoms with Crippen LogP contribution in [0.2, 0.25) is 0 Å². The first-order valence-corrected chi connectivity index (χ1v) is 5.19. The van der Waals surface area contributed by atoms with Crippen molar-refractivity contribution in [2.24, 2.45) is 5.73 Å². The van der Waals surface area contributed by atoms with E-state index in [-0.39, 0.29) is 6.42 Å². The topological polar surface area (TPSA) is 38.9 Å². The molecule has 0 aromatic carbocycles. The lowest BCUT2D eigenvalue weighted by atomic mass is 9.98. The van der Waals surface area contributed by atoms with Crippen LogP contribution in [0.1, 0.15) is 36.9 Å². The molecule has 0 saturated heterocycles. The normalized spacial score (nSPS) is 13.8. The van der Waals surface area contributed by atoms with Crippen LogP contribution in [0.3, 0.4) is 0 Å². The molecule has 2 nitrogen and oxygen atoms in total. The summed E-state index contributed by atoms with van der Waals surface area (Å²) in [5.41, 5.74) is 7.43. The van der Waals surface area contributed by atoms with Crippen LogP contribution in [-0.4, -0.2) is 11.2 Å². The summed E-state index contributed by atoms with van der Waals surface area (Å²) in [5, 5.41) is 0. The van der Waals surface area contributed by atoms with Gasteiger partial charge in [0.2, 0.25) is 0 Å². The molecule has 90 valence electrons. The number of pyridine rings is 1. The summed E-state index contributed by atoms with van der Waals surface area (Å²) >= 11 is 0. The van der Waals surface area contributed by atoms with Gasteiger partial charge < -0.3 is 5.73 Å². The number of halogens is 3. The zero-order valence-electron chi connectivity index (χ0n) is 9.09. The van der Waals surface area contributed by atoms with Crippen molar-refractivity contribution in [3.63, 3.8) is 0 Å². The molecule has 0 fully saturated rings. The van der Waals surface area contributed by atoms with E-state index < -0.39 is 18.6 Å². The van der Waals surface area contributed by atoms with Gasteiger partial charge in [0, 0.05) is 24.9 Å². The molecule has 0 aliphatic heterocycles. The van der Waals surface area contributed by atoms with E-state index in [0.717, 1.165) is 17.5 Å². The highest BCUT2D eigenvalue weighted by atomic mass is 19.4. The minimum absolute atomic E-state index is 0.0828. The first-order valence-electron chi connectivity index (χ1n) is 5.19. The predicted octanol–water partition coefficient (Wildman–Crippen LogP) is 2.99. The highest BCUT2D eigenvalue weighted by molar-refractivity contribution is 5.26. The predicted molar refractivity (Wildman–Crippen MR) is 55.8 cm³/mol. The Morgan fingerprint density at radius 1 is 1.44 bits per heavy atom. The quantitative estimate of drug-likeness (QED) is 0.866. The third-order valence-electron chi connectivity index (χ3n) is 2.46. The van der Waals surface area contributed by atoms with Gasteiger partial charge >= 0.3 is 6.18 Å². The van der Waals surface area contributed by atoms with E-state index in [1.165, 1.54) is 0 Å². The Bertz CT molecular complexity index is 336. The Labute approximate surface area is 92.7 Å². The first-order chi connectivity index (χ1) is 7.44. The summed E-state index contributed by atoms with van der Waals surface area (Å²) in [6.07, 6.45) is -1.13. The average Bonchev–Trinajstić information content (AvgIpc) is 2.25. The summed E-state index contributed by atoms with van der Waals surface area (Å²) in [4.78, 5) is 3.93. The maximum Gasteiger partial charge on any atom is 0.389 e. The Hall–Kier alpha value is -1.10. The van der Waals surface area contributed by atoms with Gasteiger partial charge in [-0.05, 0) is 30.0 Å². The Kier molecular flexibility index (Phi) is 4.29. The van der Waals surface area contributed by atoms with E-state index in [0.29, 0.717) is 0 Å². The lowest BCUT2D eigenvalue weighted by Gasteiger charge is -2.16. The molecule has 16 heavy (non-hydrogen) atoms. The molecule has 1 unspecified atom stereocenters. The molecule has 1 atom stereocenters. The van der Waals surface area contributed by atoms with Gasteiger partial charge in [-0.3, -0.25) is 4.98 Å². The average molecular weight is 232 g/mol. The van der Waals surface area contributed by atoms with E-state index in [9.17, 15) is 13.2 Å². The number of aromatic nitrogens is 1. The van der Waals surface area contributed by atoms with Gasteiger partial charge in [0.25, 0.3) is 0 Å². The fraction of sp³-hybridized carbons (Fsp3) is 0.545. The van der Waals surface area contributed by atoms with Crippen LogP contribution >= 0.6 is 0 Å². The third kappa shape index (κ3) is 3.81. The molecule has 0 aliphatic rings. The SMILES string of the molecule is CCc1cnccc1C(N)CCC(F)(F)F. The Morgan fingerprint density at radius 3 is 2.69 bits per heavy atom. The monoisotopic (exact) mass is 232 g/mol. The molecule has 5 heteroatoms. The molecule has 0 amide bonds. The number of hydrogen-bond acceptors (Lipinski definition) is 2. The van der Waals surface area contributed by atoms with Gasteiger partial charge in [0.15, 0.2) is 0 Å². The smallest absolute Gasteiger partial charge is 0.324 e. The summed E-state index contributed by atoms with van der Waals surface area (Å²) in [6, 6.07) is 1.12. The summed E-state index contributed by atoms with van der Waals surface area (Å²) in [5.74, 6) is 0. The molecule has 0 aliphatic carbocycles. The van der Waals surface area contributed by atoms with E-state index in [1.807, 2.05) is 6.92 Å². The maximum absolute atomic E-state index is 12.0. The Balaban J connectivity index is 2.69. The second kappa shape index (κ2) is 5.30. The van der Waals surface area contributed by atoms with Crippen molar-refractivity contribution >= 4 is 0 Å². The fourth-order valence-corrected chi connectivity index (χ4v) is 1.57. The van der Waals surface area contributed by atoms with Crippen molar-refractivity contribution in [1.29, 1.82) is 0 Å². The van der Waals surface area contributed by atoms with Crippen LogP contribution in [0, 0.1) is 0 Å². The highest BCUT2D eigenvalue weighted by Crippen LogP contribution is 2.27. The molecule has 0 spiro atoms. The van der Waals surface area contributed by atoms with Gasteiger partial charge in [0.1, 0.15) is 0 Å². The largest absolute Gasteiger partial charge is 0.389 e. The Morgan fingerprint density at radius 2 is 2.12 bits per heavy atom. The molecule has 0 bridgehead atoms. The van der Waals surface area contributed by atoms with Crippen LogP contribution in [0.25, 0.3) is 0 Å². The zero-order valence-corrected chi connectivity index (χ0v) is 9.09. The number of nitrogens with two attached hydrogens (primary N) is 1. The lowest BCUT2D eigenvalue weighted by Crippen LogP contribution is -2.17. The van der Waals surface area contributed by atoms with E-state index in [1.54, 1.807) is 18.5 Å². The van der Waals surface area contributed by atoms with Gasteiger partial charge in [-0.2, -0.15) is 13.2 Å². The van der Waals surface area contributed by atoms with Gasteiger partial charge in [-0.1, -0.05) is 6.92 Å². The van der Waals surface area contributed by atoms with E-state index in [2.05, 4.69) is 4.98 Å².